The second kappa shape index (κ2) is 5.66. The van der Waals surface area contributed by atoms with E-state index in [4.69, 9.17) is 0 Å². The predicted molar refractivity (Wildman–Crippen MR) is 70.1 cm³/mol. The molecule has 1 aromatic carbocycles. The molecular weight excluding hydrogens is 196 g/mol. The van der Waals surface area contributed by atoms with E-state index < -0.39 is 6.10 Å². The highest BCUT2D eigenvalue weighted by atomic mass is 16.3. The summed E-state index contributed by atoms with van der Waals surface area (Å²) >= 11 is 0. The van der Waals surface area contributed by atoms with E-state index in [1.807, 2.05) is 48.6 Å². The summed E-state index contributed by atoms with van der Waals surface area (Å²) in [5, 5.41) is 9.70. The number of hydrogen-bond acceptors (Lipinski definition) is 1. The first-order chi connectivity index (χ1) is 7.47. The fourth-order valence-corrected chi connectivity index (χ4v) is 1.23. The molecule has 0 saturated heterocycles. The van der Waals surface area contributed by atoms with Crippen LogP contribution in [-0.4, -0.2) is 11.2 Å². The van der Waals surface area contributed by atoms with Crippen molar-refractivity contribution in [2.75, 3.05) is 0 Å². The van der Waals surface area contributed by atoms with Crippen LogP contribution in [0.15, 0.2) is 48.6 Å². The van der Waals surface area contributed by atoms with Crippen LogP contribution in [0.4, 0.5) is 0 Å². The lowest BCUT2D eigenvalue weighted by Crippen LogP contribution is -2.03. The van der Waals surface area contributed by atoms with E-state index in [9.17, 15) is 5.11 Å². The van der Waals surface area contributed by atoms with Gasteiger partial charge in [-0.3, -0.25) is 0 Å². The monoisotopic (exact) mass is 216 g/mol. The Morgan fingerprint density at radius 1 is 1.06 bits per heavy atom. The molecule has 0 aliphatic rings. The molecule has 1 rings (SSSR count). The molecule has 0 unspecified atom stereocenters. The molecule has 0 radical (unpaired) electrons. The number of allylic oxidation sites excluding steroid dienone is 1. The fraction of sp³-hybridized carbons (Fsp3) is 0.333. The molecule has 0 saturated carbocycles. The van der Waals surface area contributed by atoms with Crippen molar-refractivity contribution < 1.29 is 5.11 Å². The summed E-state index contributed by atoms with van der Waals surface area (Å²) < 4.78 is 0. The van der Waals surface area contributed by atoms with Crippen molar-refractivity contribution in [2.45, 2.75) is 26.9 Å². The van der Waals surface area contributed by atoms with Gasteiger partial charge in [-0.25, -0.2) is 0 Å². The highest BCUT2D eigenvalue weighted by Crippen LogP contribution is 2.15. The van der Waals surface area contributed by atoms with Crippen LogP contribution in [0, 0.1) is 5.41 Å². The summed E-state index contributed by atoms with van der Waals surface area (Å²) in [5.41, 5.74) is 1.22. The zero-order valence-electron chi connectivity index (χ0n) is 10.2. The maximum atomic E-state index is 9.70. The molecule has 1 heteroatoms. The third-order valence-corrected chi connectivity index (χ3v) is 2.08. The third-order valence-electron chi connectivity index (χ3n) is 2.08. The summed E-state index contributed by atoms with van der Waals surface area (Å²) in [4.78, 5) is 0. The molecule has 0 fully saturated rings. The van der Waals surface area contributed by atoms with Crippen molar-refractivity contribution in [3.8, 4) is 0 Å². The highest BCUT2D eigenvalue weighted by molar-refractivity contribution is 5.49. The largest absolute Gasteiger partial charge is 0.385 e. The van der Waals surface area contributed by atoms with Crippen LogP contribution in [0.3, 0.4) is 0 Å². The van der Waals surface area contributed by atoms with Crippen LogP contribution in [0.5, 0.6) is 0 Å². The zero-order chi connectivity index (χ0) is 12.0. The second-order valence-electron chi connectivity index (χ2n) is 4.99. The molecule has 1 atom stereocenters. The Morgan fingerprint density at radius 2 is 1.69 bits per heavy atom. The second-order valence-corrected chi connectivity index (χ2v) is 4.99. The number of aliphatic hydroxyl groups excluding tert-OH is 1. The normalized spacial score (nSPS) is 14.8. The molecule has 0 amide bonds. The summed E-state index contributed by atoms with van der Waals surface area (Å²) in [6.07, 6.45) is 7.04. The number of hydrogen-bond donors (Lipinski definition) is 1. The van der Waals surface area contributed by atoms with Gasteiger partial charge in [-0.05, 0) is 11.0 Å². The Morgan fingerprint density at radius 3 is 2.25 bits per heavy atom. The Balaban J connectivity index is 2.55. The number of benzene rings is 1. The zero-order valence-corrected chi connectivity index (χ0v) is 10.2. The van der Waals surface area contributed by atoms with Gasteiger partial charge in [0.15, 0.2) is 0 Å². The maximum Gasteiger partial charge on any atom is 0.0906 e. The van der Waals surface area contributed by atoms with E-state index in [2.05, 4.69) is 20.8 Å². The lowest BCUT2D eigenvalue weighted by Gasteiger charge is -2.11. The molecule has 0 spiro atoms. The lowest BCUT2D eigenvalue weighted by molar-refractivity contribution is 0.270. The highest BCUT2D eigenvalue weighted by Gasteiger charge is 2.04. The van der Waals surface area contributed by atoms with Gasteiger partial charge in [0, 0.05) is 0 Å². The molecule has 1 aromatic rings. The van der Waals surface area contributed by atoms with Crippen molar-refractivity contribution >= 4 is 6.08 Å². The number of rotatable bonds is 3. The first-order valence-corrected chi connectivity index (χ1v) is 5.58. The molecule has 86 valence electrons. The molecule has 0 bridgehead atoms. The van der Waals surface area contributed by atoms with Gasteiger partial charge in [-0.1, -0.05) is 75.4 Å². The summed E-state index contributed by atoms with van der Waals surface area (Å²) in [7, 11) is 0. The first kappa shape index (κ1) is 12.7. The quantitative estimate of drug-likeness (QED) is 0.764. The van der Waals surface area contributed by atoms with Crippen molar-refractivity contribution in [3.63, 3.8) is 0 Å². The molecule has 1 nitrogen and oxygen atoms in total. The SMILES string of the molecule is CC(C)(C)/C=C/[C@@H](O)/C=C/c1ccccc1. The molecule has 0 heterocycles. The average molecular weight is 216 g/mol. The Kier molecular flexibility index (Phi) is 4.51. The average Bonchev–Trinajstić information content (AvgIpc) is 2.24. The smallest absolute Gasteiger partial charge is 0.0906 e. The molecular formula is C15H20O. The third kappa shape index (κ3) is 5.52. The van der Waals surface area contributed by atoms with Crippen LogP contribution in [0.1, 0.15) is 26.3 Å². The predicted octanol–water partition coefficient (Wildman–Crippen LogP) is 3.66. The van der Waals surface area contributed by atoms with Gasteiger partial charge in [0.1, 0.15) is 0 Å². The van der Waals surface area contributed by atoms with Crippen LogP contribution in [0.2, 0.25) is 0 Å². The van der Waals surface area contributed by atoms with Crippen molar-refractivity contribution in [3.05, 3.63) is 54.1 Å². The molecule has 0 aliphatic carbocycles. The van der Waals surface area contributed by atoms with Crippen molar-refractivity contribution in [2.24, 2.45) is 5.41 Å². The fourth-order valence-electron chi connectivity index (χ4n) is 1.23. The number of aliphatic hydroxyl groups is 1. The van der Waals surface area contributed by atoms with Crippen LogP contribution < -0.4 is 0 Å². The summed E-state index contributed by atoms with van der Waals surface area (Å²) in [6.45, 7) is 6.32. The minimum atomic E-state index is -0.514. The minimum Gasteiger partial charge on any atom is -0.385 e. The van der Waals surface area contributed by atoms with E-state index >= 15 is 0 Å². The van der Waals surface area contributed by atoms with Crippen LogP contribution >= 0.6 is 0 Å². The van der Waals surface area contributed by atoms with E-state index in [1.54, 1.807) is 6.08 Å². The van der Waals surface area contributed by atoms with Gasteiger partial charge in [-0.2, -0.15) is 0 Å². The minimum absolute atomic E-state index is 0.113. The Bertz CT molecular complexity index is 355. The Labute approximate surface area is 98.1 Å². The van der Waals surface area contributed by atoms with Gasteiger partial charge >= 0.3 is 0 Å². The van der Waals surface area contributed by atoms with Gasteiger partial charge in [0.05, 0.1) is 6.10 Å². The molecule has 0 aromatic heterocycles. The van der Waals surface area contributed by atoms with E-state index in [0.717, 1.165) is 5.56 Å². The van der Waals surface area contributed by atoms with Gasteiger partial charge in [0.2, 0.25) is 0 Å². The first-order valence-electron chi connectivity index (χ1n) is 5.58. The topological polar surface area (TPSA) is 20.2 Å². The molecule has 16 heavy (non-hydrogen) atoms. The summed E-state index contributed by atoms with van der Waals surface area (Å²) in [5.74, 6) is 0. The van der Waals surface area contributed by atoms with Gasteiger partial charge < -0.3 is 5.11 Å². The Hall–Kier alpha value is -1.34. The van der Waals surface area contributed by atoms with E-state index in [-0.39, 0.29) is 5.41 Å². The standard InChI is InChI=1S/C15H20O/c1-15(2,3)12-11-14(16)10-9-13-7-5-4-6-8-13/h4-12,14,16H,1-3H3/b10-9+,12-11+/t14-/m0/s1. The van der Waals surface area contributed by atoms with Crippen molar-refractivity contribution in [1.29, 1.82) is 0 Å². The lowest BCUT2D eigenvalue weighted by atomic mass is 9.95. The summed E-state index contributed by atoms with van der Waals surface area (Å²) in [6, 6.07) is 9.97. The molecule has 1 N–H and O–H groups in total. The molecule has 0 aliphatic heterocycles. The van der Waals surface area contributed by atoms with E-state index in [1.165, 1.54) is 0 Å². The van der Waals surface area contributed by atoms with Crippen molar-refractivity contribution in [1.82, 2.24) is 0 Å². The van der Waals surface area contributed by atoms with Gasteiger partial charge in [0.25, 0.3) is 0 Å². The van der Waals surface area contributed by atoms with Crippen LogP contribution in [-0.2, 0) is 0 Å². The van der Waals surface area contributed by atoms with Gasteiger partial charge in [-0.15, -0.1) is 0 Å². The van der Waals surface area contributed by atoms with E-state index in [0.29, 0.717) is 0 Å². The maximum absolute atomic E-state index is 9.70. The van der Waals surface area contributed by atoms with Crippen LogP contribution in [0.25, 0.3) is 6.08 Å².